The van der Waals surface area contributed by atoms with Gasteiger partial charge in [0.05, 0.1) is 24.7 Å². The van der Waals surface area contributed by atoms with Gasteiger partial charge in [-0.25, -0.2) is 0 Å². The molecule has 0 spiro atoms. The van der Waals surface area contributed by atoms with Gasteiger partial charge in [0.1, 0.15) is 11.5 Å². The van der Waals surface area contributed by atoms with Crippen LogP contribution in [0.25, 0.3) is 0 Å². The highest BCUT2D eigenvalue weighted by Gasteiger charge is 2.07. The normalized spacial score (nSPS) is 9.62. The smallest absolute Gasteiger partial charge is 0.325 e. The molecule has 0 unspecified atom stereocenters. The number of likely N-dealkylation sites (N-methyl/N-ethyl adjacent to an activating group) is 1. The van der Waals surface area contributed by atoms with Crippen molar-refractivity contribution in [2.75, 3.05) is 25.6 Å². The van der Waals surface area contributed by atoms with Gasteiger partial charge in [-0.1, -0.05) is 12.2 Å². The van der Waals surface area contributed by atoms with Crippen LogP contribution in [0.4, 0.5) is 5.69 Å². The molecule has 1 rings (SSSR count). The van der Waals surface area contributed by atoms with Crippen LogP contribution in [0.1, 0.15) is 5.69 Å². The molecular weight excluding hydrogens is 226 g/mol. The molecule has 0 bridgehead atoms. The van der Waals surface area contributed by atoms with Crippen molar-refractivity contribution >= 4 is 28.9 Å². The summed E-state index contributed by atoms with van der Waals surface area (Å²) in [5.41, 5.74) is 6.78. The third-order valence-electron chi connectivity index (χ3n) is 2.04. The lowest BCUT2D eigenvalue weighted by Crippen LogP contribution is -2.26. The topological polar surface area (TPSA) is 68.5 Å². The first-order chi connectivity index (χ1) is 7.54. The minimum Gasteiger partial charge on any atom is -0.468 e. The summed E-state index contributed by atoms with van der Waals surface area (Å²) < 4.78 is 4.56. The monoisotopic (exact) mass is 239 g/mol. The van der Waals surface area contributed by atoms with Crippen LogP contribution in [0.15, 0.2) is 18.3 Å². The van der Waals surface area contributed by atoms with Crippen LogP contribution in [0.3, 0.4) is 0 Å². The number of nitrogens with zero attached hydrogens (tertiary/aromatic N) is 2. The number of thiocarbonyl (C=S) groups is 1. The maximum Gasteiger partial charge on any atom is 0.325 e. The summed E-state index contributed by atoms with van der Waals surface area (Å²) in [6, 6.07) is 3.51. The predicted octanol–water partition coefficient (Wildman–Crippen LogP) is 0.325. The van der Waals surface area contributed by atoms with E-state index in [1.807, 2.05) is 0 Å². The summed E-state index contributed by atoms with van der Waals surface area (Å²) >= 11 is 4.79. The van der Waals surface area contributed by atoms with E-state index in [1.54, 1.807) is 30.3 Å². The third-order valence-corrected chi connectivity index (χ3v) is 2.24. The van der Waals surface area contributed by atoms with Crippen molar-refractivity contribution in [2.24, 2.45) is 5.73 Å². The van der Waals surface area contributed by atoms with Crippen molar-refractivity contribution in [1.82, 2.24) is 4.98 Å². The summed E-state index contributed by atoms with van der Waals surface area (Å²) in [6.07, 6.45) is 1.61. The molecule has 16 heavy (non-hydrogen) atoms. The Balaban J connectivity index is 2.73. The lowest BCUT2D eigenvalue weighted by molar-refractivity contribution is -0.138. The maximum absolute atomic E-state index is 11.0. The first kappa shape index (κ1) is 12.4. The SMILES string of the molecule is COC(=O)CN(C)c1ccc(C(N)=S)nc1. The van der Waals surface area contributed by atoms with Crippen molar-refractivity contribution in [3.8, 4) is 0 Å². The first-order valence-corrected chi connectivity index (χ1v) is 4.99. The molecule has 5 nitrogen and oxygen atoms in total. The van der Waals surface area contributed by atoms with Crippen LogP contribution in [0.2, 0.25) is 0 Å². The molecule has 0 saturated heterocycles. The van der Waals surface area contributed by atoms with Gasteiger partial charge in [-0.05, 0) is 12.1 Å². The van der Waals surface area contributed by atoms with Gasteiger partial charge >= 0.3 is 5.97 Å². The second-order valence-corrected chi connectivity index (χ2v) is 3.64. The number of rotatable bonds is 4. The van der Waals surface area contributed by atoms with Gasteiger partial charge in [-0.2, -0.15) is 0 Å². The number of ether oxygens (including phenoxy) is 1. The van der Waals surface area contributed by atoms with Crippen molar-refractivity contribution in [3.05, 3.63) is 24.0 Å². The number of anilines is 1. The number of pyridine rings is 1. The number of methoxy groups -OCH3 is 1. The number of esters is 1. The molecule has 0 saturated carbocycles. The highest BCUT2D eigenvalue weighted by atomic mass is 32.1. The molecule has 0 aromatic carbocycles. The van der Waals surface area contributed by atoms with E-state index in [1.165, 1.54) is 7.11 Å². The molecule has 6 heteroatoms. The van der Waals surface area contributed by atoms with Gasteiger partial charge in [-0.3, -0.25) is 9.78 Å². The van der Waals surface area contributed by atoms with E-state index in [4.69, 9.17) is 18.0 Å². The number of carbonyl (C=O) groups is 1. The zero-order valence-corrected chi connectivity index (χ0v) is 9.95. The molecule has 1 heterocycles. The van der Waals surface area contributed by atoms with Crippen LogP contribution >= 0.6 is 12.2 Å². The Hall–Kier alpha value is -1.69. The van der Waals surface area contributed by atoms with Crippen molar-refractivity contribution in [1.29, 1.82) is 0 Å². The molecule has 0 aliphatic rings. The fourth-order valence-electron chi connectivity index (χ4n) is 1.11. The van der Waals surface area contributed by atoms with Gasteiger partial charge in [0, 0.05) is 7.05 Å². The van der Waals surface area contributed by atoms with Crippen LogP contribution in [0.5, 0.6) is 0 Å². The molecule has 0 aliphatic heterocycles. The lowest BCUT2D eigenvalue weighted by atomic mass is 10.3. The summed E-state index contributed by atoms with van der Waals surface area (Å²) in [6.45, 7) is 0.171. The number of aromatic nitrogens is 1. The Kier molecular flexibility index (Phi) is 4.19. The molecule has 0 fully saturated rings. The molecular formula is C10H13N3O2S. The van der Waals surface area contributed by atoms with Gasteiger partial charge in [-0.15, -0.1) is 0 Å². The van der Waals surface area contributed by atoms with Crippen LogP contribution in [-0.4, -0.2) is 36.6 Å². The Labute approximate surface area is 99.2 Å². The first-order valence-electron chi connectivity index (χ1n) is 4.58. The summed E-state index contributed by atoms with van der Waals surface area (Å²) in [5, 5.41) is 0. The van der Waals surface area contributed by atoms with Crippen LogP contribution < -0.4 is 10.6 Å². The minimum absolute atomic E-state index is 0.171. The highest BCUT2D eigenvalue weighted by Crippen LogP contribution is 2.10. The average Bonchev–Trinajstić information content (AvgIpc) is 2.28. The van der Waals surface area contributed by atoms with Gasteiger partial charge in [0.2, 0.25) is 0 Å². The Morgan fingerprint density at radius 2 is 2.31 bits per heavy atom. The molecule has 0 aliphatic carbocycles. The minimum atomic E-state index is -0.305. The van der Waals surface area contributed by atoms with E-state index >= 15 is 0 Å². The molecule has 0 atom stereocenters. The molecule has 1 aromatic rings. The second-order valence-electron chi connectivity index (χ2n) is 3.20. The number of carbonyl (C=O) groups excluding carboxylic acids is 1. The van der Waals surface area contributed by atoms with E-state index < -0.39 is 0 Å². The van der Waals surface area contributed by atoms with E-state index in [0.29, 0.717) is 5.69 Å². The fourth-order valence-corrected chi connectivity index (χ4v) is 1.23. The Bertz CT molecular complexity index is 392. The number of hydrogen-bond donors (Lipinski definition) is 1. The standard InChI is InChI=1S/C10H13N3O2S/c1-13(6-9(14)15-2)7-3-4-8(10(11)16)12-5-7/h3-5H,6H2,1-2H3,(H2,11,16). The van der Waals surface area contributed by atoms with Crippen LogP contribution in [0, 0.1) is 0 Å². The third kappa shape index (κ3) is 3.16. The number of hydrogen-bond acceptors (Lipinski definition) is 5. The van der Waals surface area contributed by atoms with Crippen molar-refractivity contribution in [3.63, 3.8) is 0 Å². The molecule has 0 amide bonds. The zero-order chi connectivity index (χ0) is 12.1. The largest absolute Gasteiger partial charge is 0.468 e. The van der Waals surface area contributed by atoms with Gasteiger partial charge in [0.15, 0.2) is 0 Å². The molecule has 2 N–H and O–H groups in total. The Morgan fingerprint density at radius 1 is 1.62 bits per heavy atom. The van der Waals surface area contributed by atoms with E-state index in [2.05, 4.69) is 9.72 Å². The summed E-state index contributed by atoms with van der Waals surface area (Å²) in [7, 11) is 3.12. The summed E-state index contributed by atoms with van der Waals surface area (Å²) in [4.78, 5) is 17.1. The second kappa shape index (κ2) is 5.41. The molecule has 1 aromatic heterocycles. The van der Waals surface area contributed by atoms with Crippen LogP contribution in [-0.2, 0) is 9.53 Å². The average molecular weight is 239 g/mol. The van der Waals surface area contributed by atoms with E-state index in [-0.39, 0.29) is 17.5 Å². The highest BCUT2D eigenvalue weighted by molar-refractivity contribution is 7.80. The van der Waals surface area contributed by atoms with E-state index in [0.717, 1.165) is 5.69 Å². The molecule has 86 valence electrons. The predicted molar refractivity (Wildman–Crippen MR) is 65.4 cm³/mol. The maximum atomic E-state index is 11.0. The van der Waals surface area contributed by atoms with Gasteiger partial charge < -0.3 is 15.4 Å². The van der Waals surface area contributed by atoms with Gasteiger partial charge in [0.25, 0.3) is 0 Å². The summed E-state index contributed by atoms with van der Waals surface area (Å²) in [5.74, 6) is -0.305. The van der Waals surface area contributed by atoms with Crippen molar-refractivity contribution < 1.29 is 9.53 Å². The number of nitrogens with two attached hydrogens (primary N) is 1. The van der Waals surface area contributed by atoms with Crippen molar-refractivity contribution in [2.45, 2.75) is 0 Å². The van der Waals surface area contributed by atoms with E-state index in [9.17, 15) is 4.79 Å². The fraction of sp³-hybridized carbons (Fsp3) is 0.300. The Morgan fingerprint density at radius 3 is 2.75 bits per heavy atom. The quantitative estimate of drug-likeness (QED) is 0.603. The zero-order valence-electron chi connectivity index (χ0n) is 9.14. The lowest BCUT2D eigenvalue weighted by Gasteiger charge is -2.17. The molecule has 0 radical (unpaired) electrons.